The molecule has 0 atom stereocenters. The number of ether oxygens (including phenoxy) is 1. The average molecular weight is 337 g/mol. The van der Waals surface area contributed by atoms with Gasteiger partial charge in [0.25, 0.3) is 5.91 Å². The minimum absolute atomic E-state index is 0.234. The van der Waals surface area contributed by atoms with E-state index >= 15 is 0 Å². The summed E-state index contributed by atoms with van der Waals surface area (Å²) in [5.74, 6) is 1.63. The van der Waals surface area contributed by atoms with Crippen LogP contribution in [0.3, 0.4) is 0 Å². The quantitative estimate of drug-likeness (QED) is 0.722. The molecule has 1 aliphatic rings. The smallest absolute Gasteiger partial charge is 0.256 e. The number of H-pyrrole nitrogens is 1. The molecule has 0 spiro atoms. The minimum atomic E-state index is -0.317. The molecule has 4 rings (SSSR count). The van der Waals surface area contributed by atoms with E-state index in [4.69, 9.17) is 4.74 Å². The highest BCUT2D eigenvalue weighted by atomic mass is 19.1. The largest absolute Gasteiger partial charge is 0.457 e. The van der Waals surface area contributed by atoms with Gasteiger partial charge >= 0.3 is 0 Å². The Bertz CT molecular complexity index is 884. The molecule has 0 saturated heterocycles. The van der Waals surface area contributed by atoms with Crippen LogP contribution in [0.1, 0.15) is 34.8 Å². The molecule has 126 valence electrons. The molecule has 0 bridgehead atoms. The van der Waals surface area contributed by atoms with Gasteiger partial charge in [0.15, 0.2) is 5.82 Å². The summed E-state index contributed by atoms with van der Waals surface area (Å²) in [7, 11) is 0. The van der Waals surface area contributed by atoms with Gasteiger partial charge in [0.05, 0.1) is 0 Å². The number of aromatic amines is 1. The van der Waals surface area contributed by atoms with E-state index in [1.807, 2.05) is 6.07 Å². The SMILES string of the molecule is O=C(Nc1cc(C2CC2)[nH]n1)c1ccc(Oc2ccc(F)cc2)cc1. The Labute approximate surface area is 143 Å². The number of carbonyl (C=O) groups is 1. The zero-order valence-corrected chi connectivity index (χ0v) is 13.3. The summed E-state index contributed by atoms with van der Waals surface area (Å²) in [5, 5.41) is 9.84. The molecule has 1 heterocycles. The predicted molar refractivity (Wildman–Crippen MR) is 91.4 cm³/mol. The van der Waals surface area contributed by atoms with Crippen molar-refractivity contribution in [3.63, 3.8) is 0 Å². The normalized spacial score (nSPS) is 13.5. The number of rotatable bonds is 5. The average Bonchev–Trinajstić information content (AvgIpc) is 3.37. The standard InChI is InChI=1S/C19H16FN3O2/c20-14-5-9-16(10-6-14)25-15-7-3-13(4-8-15)19(24)21-18-11-17(22-23-18)12-1-2-12/h3-12H,1-2H2,(H2,21,22,23,24). The van der Waals surface area contributed by atoms with E-state index in [1.165, 1.54) is 25.0 Å². The number of anilines is 1. The summed E-state index contributed by atoms with van der Waals surface area (Å²) >= 11 is 0. The fraction of sp³-hybridized carbons (Fsp3) is 0.158. The Kier molecular flexibility index (Phi) is 3.93. The van der Waals surface area contributed by atoms with Gasteiger partial charge in [-0.25, -0.2) is 4.39 Å². The molecular weight excluding hydrogens is 321 g/mol. The van der Waals surface area contributed by atoms with Gasteiger partial charge in [0.2, 0.25) is 0 Å². The molecule has 1 aromatic heterocycles. The fourth-order valence-corrected chi connectivity index (χ4v) is 2.51. The maximum absolute atomic E-state index is 12.9. The lowest BCUT2D eigenvalue weighted by atomic mass is 10.2. The van der Waals surface area contributed by atoms with E-state index in [9.17, 15) is 9.18 Å². The summed E-state index contributed by atoms with van der Waals surface area (Å²) in [4.78, 5) is 12.3. The van der Waals surface area contributed by atoms with Crippen LogP contribution in [0, 0.1) is 5.82 Å². The van der Waals surface area contributed by atoms with Gasteiger partial charge in [-0.3, -0.25) is 9.89 Å². The highest BCUT2D eigenvalue weighted by Gasteiger charge is 2.25. The van der Waals surface area contributed by atoms with E-state index in [0.717, 1.165) is 5.69 Å². The molecule has 1 amide bonds. The summed E-state index contributed by atoms with van der Waals surface area (Å²) < 4.78 is 18.5. The van der Waals surface area contributed by atoms with E-state index in [-0.39, 0.29) is 11.7 Å². The van der Waals surface area contributed by atoms with Crippen molar-refractivity contribution in [1.82, 2.24) is 10.2 Å². The number of hydrogen-bond acceptors (Lipinski definition) is 3. The van der Waals surface area contributed by atoms with Crippen molar-refractivity contribution in [3.8, 4) is 11.5 Å². The van der Waals surface area contributed by atoms with Crippen molar-refractivity contribution in [1.29, 1.82) is 0 Å². The maximum atomic E-state index is 12.9. The lowest BCUT2D eigenvalue weighted by molar-refractivity contribution is 0.102. The van der Waals surface area contributed by atoms with Gasteiger partial charge in [-0.2, -0.15) is 5.10 Å². The Morgan fingerprint density at radius 3 is 2.36 bits per heavy atom. The van der Waals surface area contributed by atoms with Crippen LogP contribution < -0.4 is 10.1 Å². The third-order valence-electron chi connectivity index (χ3n) is 4.02. The first-order valence-electron chi connectivity index (χ1n) is 8.07. The van der Waals surface area contributed by atoms with Gasteiger partial charge in [-0.1, -0.05) is 0 Å². The molecule has 0 radical (unpaired) electrons. The molecule has 0 aliphatic heterocycles. The second-order valence-electron chi connectivity index (χ2n) is 6.02. The van der Waals surface area contributed by atoms with Crippen LogP contribution >= 0.6 is 0 Å². The number of nitrogens with zero attached hydrogens (tertiary/aromatic N) is 1. The third-order valence-corrected chi connectivity index (χ3v) is 4.02. The molecule has 3 aromatic rings. The maximum Gasteiger partial charge on any atom is 0.256 e. The number of aromatic nitrogens is 2. The van der Waals surface area contributed by atoms with Gasteiger partial charge in [-0.15, -0.1) is 0 Å². The monoisotopic (exact) mass is 337 g/mol. The van der Waals surface area contributed by atoms with Gasteiger partial charge in [0, 0.05) is 23.2 Å². The highest BCUT2D eigenvalue weighted by molar-refractivity contribution is 6.03. The Hall–Kier alpha value is -3.15. The first-order valence-corrected chi connectivity index (χ1v) is 8.07. The van der Waals surface area contributed by atoms with Crippen molar-refractivity contribution in [3.05, 3.63) is 71.7 Å². The van der Waals surface area contributed by atoms with Gasteiger partial charge in [-0.05, 0) is 61.4 Å². The summed E-state index contributed by atoms with van der Waals surface area (Å²) in [5.41, 5.74) is 1.57. The Balaban J connectivity index is 1.40. The molecular formula is C19H16FN3O2. The lowest BCUT2D eigenvalue weighted by Gasteiger charge is -2.07. The second kappa shape index (κ2) is 6.39. The molecule has 1 fully saturated rings. The van der Waals surface area contributed by atoms with Crippen LogP contribution in [0.5, 0.6) is 11.5 Å². The van der Waals surface area contributed by atoms with Crippen LogP contribution in [0.25, 0.3) is 0 Å². The van der Waals surface area contributed by atoms with E-state index in [0.29, 0.717) is 28.8 Å². The number of nitrogens with one attached hydrogen (secondary N) is 2. The van der Waals surface area contributed by atoms with Crippen molar-refractivity contribution in [2.45, 2.75) is 18.8 Å². The third kappa shape index (κ3) is 3.68. The number of amides is 1. The number of halogens is 1. The molecule has 0 unspecified atom stereocenters. The summed E-state index contributed by atoms with van der Waals surface area (Å²) in [6, 6.07) is 14.4. The van der Waals surface area contributed by atoms with Crippen LogP contribution in [0.15, 0.2) is 54.6 Å². The molecule has 5 nitrogen and oxygen atoms in total. The lowest BCUT2D eigenvalue weighted by Crippen LogP contribution is -2.11. The van der Waals surface area contributed by atoms with E-state index in [1.54, 1.807) is 36.4 Å². The Morgan fingerprint density at radius 2 is 1.72 bits per heavy atom. The van der Waals surface area contributed by atoms with E-state index < -0.39 is 0 Å². The Morgan fingerprint density at radius 1 is 1.08 bits per heavy atom. The number of hydrogen-bond donors (Lipinski definition) is 2. The second-order valence-corrected chi connectivity index (χ2v) is 6.02. The van der Waals surface area contributed by atoms with Crippen LogP contribution in [0.2, 0.25) is 0 Å². The highest BCUT2D eigenvalue weighted by Crippen LogP contribution is 2.39. The molecule has 2 N–H and O–H groups in total. The van der Waals surface area contributed by atoms with Crippen molar-refractivity contribution >= 4 is 11.7 Å². The predicted octanol–water partition coefficient (Wildman–Crippen LogP) is 4.47. The zero-order chi connectivity index (χ0) is 17.2. The minimum Gasteiger partial charge on any atom is -0.457 e. The van der Waals surface area contributed by atoms with Gasteiger partial charge in [0.1, 0.15) is 17.3 Å². The molecule has 25 heavy (non-hydrogen) atoms. The summed E-state index contributed by atoms with van der Waals surface area (Å²) in [6.45, 7) is 0. The molecule has 6 heteroatoms. The first kappa shape index (κ1) is 15.4. The summed E-state index contributed by atoms with van der Waals surface area (Å²) in [6.07, 6.45) is 2.34. The first-order chi connectivity index (χ1) is 12.2. The van der Waals surface area contributed by atoms with Crippen LogP contribution in [-0.2, 0) is 0 Å². The topological polar surface area (TPSA) is 67.0 Å². The molecule has 2 aromatic carbocycles. The van der Waals surface area contributed by atoms with Crippen LogP contribution in [0.4, 0.5) is 10.2 Å². The van der Waals surface area contributed by atoms with Crippen molar-refractivity contribution in [2.24, 2.45) is 0 Å². The molecule has 1 aliphatic carbocycles. The van der Waals surface area contributed by atoms with Gasteiger partial charge < -0.3 is 10.1 Å². The van der Waals surface area contributed by atoms with Crippen molar-refractivity contribution < 1.29 is 13.9 Å². The van der Waals surface area contributed by atoms with Crippen LogP contribution in [-0.4, -0.2) is 16.1 Å². The fourth-order valence-electron chi connectivity index (χ4n) is 2.51. The van der Waals surface area contributed by atoms with Crippen molar-refractivity contribution in [2.75, 3.05) is 5.32 Å². The van der Waals surface area contributed by atoms with E-state index in [2.05, 4.69) is 15.5 Å². The zero-order valence-electron chi connectivity index (χ0n) is 13.3. The molecule has 1 saturated carbocycles. The number of carbonyl (C=O) groups excluding carboxylic acids is 1. The number of benzene rings is 2.